The lowest BCUT2D eigenvalue weighted by Crippen LogP contribution is -2.05. The second-order valence-corrected chi connectivity index (χ2v) is 4.53. The summed E-state index contributed by atoms with van der Waals surface area (Å²) in [6, 6.07) is 4.12. The second-order valence-electron chi connectivity index (χ2n) is 3.41. The molecule has 0 bridgehead atoms. The van der Waals surface area contributed by atoms with E-state index in [1.807, 2.05) is 25.3 Å². The number of hydrogen-bond donors (Lipinski definition) is 1. The summed E-state index contributed by atoms with van der Waals surface area (Å²) in [5, 5.41) is 1.05. The molecule has 0 saturated carbocycles. The summed E-state index contributed by atoms with van der Waals surface area (Å²) in [6.07, 6.45) is 2.90. The largest absolute Gasteiger partial charge is 0.385 e. The molecule has 3 nitrogen and oxygen atoms in total. The first-order valence-corrected chi connectivity index (χ1v) is 6.06. The van der Waals surface area contributed by atoms with Gasteiger partial charge in [0.25, 0.3) is 0 Å². The van der Waals surface area contributed by atoms with Gasteiger partial charge in [-0.05, 0) is 25.0 Å². The number of pyridine rings is 1. The maximum Gasteiger partial charge on any atom is 0.0960 e. The molecule has 15 heavy (non-hydrogen) atoms. The Kier molecular flexibility index (Phi) is 5.68. The first kappa shape index (κ1) is 12.5. The number of nitrogens with zero attached hydrogens (tertiary/aromatic N) is 1. The van der Waals surface area contributed by atoms with Crippen molar-refractivity contribution in [2.45, 2.75) is 24.4 Å². The van der Waals surface area contributed by atoms with Crippen molar-refractivity contribution < 1.29 is 4.74 Å². The molecule has 0 saturated heterocycles. The van der Waals surface area contributed by atoms with Crippen LogP contribution in [0.4, 0.5) is 0 Å². The molecule has 0 spiro atoms. The summed E-state index contributed by atoms with van der Waals surface area (Å²) in [7, 11) is 1.72. The van der Waals surface area contributed by atoms with Gasteiger partial charge in [0.2, 0.25) is 0 Å². The van der Waals surface area contributed by atoms with Gasteiger partial charge >= 0.3 is 0 Å². The minimum atomic E-state index is 0.0602. The molecule has 0 fully saturated rings. The molecule has 1 unspecified atom stereocenters. The predicted molar refractivity (Wildman–Crippen MR) is 64.1 cm³/mol. The maximum absolute atomic E-state index is 5.74. The molecule has 2 N–H and O–H groups in total. The Bertz CT molecular complexity index is 274. The van der Waals surface area contributed by atoms with Crippen LogP contribution in [-0.2, 0) is 4.74 Å². The van der Waals surface area contributed by atoms with Gasteiger partial charge in [-0.3, -0.25) is 0 Å². The average Bonchev–Trinajstić information content (AvgIpc) is 2.25. The number of aromatic nitrogens is 1. The van der Waals surface area contributed by atoms with Gasteiger partial charge < -0.3 is 10.5 Å². The molecular weight excluding hydrogens is 208 g/mol. The predicted octanol–water partition coefficient (Wildman–Crippen LogP) is 2.23. The highest BCUT2D eigenvalue weighted by molar-refractivity contribution is 7.99. The van der Waals surface area contributed by atoms with Crippen LogP contribution in [0.3, 0.4) is 0 Å². The number of hydrogen-bond acceptors (Lipinski definition) is 4. The van der Waals surface area contributed by atoms with Crippen LogP contribution in [0.15, 0.2) is 23.4 Å². The van der Waals surface area contributed by atoms with Crippen molar-refractivity contribution in [2.24, 2.45) is 5.73 Å². The van der Waals surface area contributed by atoms with Crippen LogP contribution in [0.2, 0.25) is 0 Å². The monoisotopic (exact) mass is 226 g/mol. The molecular formula is C11H18N2OS. The van der Waals surface area contributed by atoms with E-state index in [2.05, 4.69) is 4.98 Å². The van der Waals surface area contributed by atoms with Gasteiger partial charge in [0, 0.05) is 31.7 Å². The first-order valence-electron chi connectivity index (χ1n) is 5.07. The Hall–Kier alpha value is -0.580. The Morgan fingerprint density at radius 1 is 1.53 bits per heavy atom. The summed E-state index contributed by atoms with van der Waals surface area (Å²) < 4.78 is 4.98. The molecule has 0 radical (unpaired) electrons. The van der Waals surface area contributed by atoms with E-state index >= 15 is 0 Å². The second kappa shape index (κ2) is 6.82. The topological polar surface area (TPSA) is 48.1 Å². The molecule has 1 rings (SSSR count). The Balaban J connectivity index is 2.36. The summed E-state index contributed by atoms with van der Waals surface area (Å²) >= 11 is 1.75. The highest BCUT2D eigenvalue weighted by Crippen LogP contribution is 2.17. The van der Waals surface area contributed by atoms with Gasteiger partial charge in [-0.1, -0.05) is 6.07 Å². The number of ether oxygens (including phenoxy) is 1. The van der Waals surface area contributed by atoms with Crippen molar-refractivity contribution in [3.63, 3.8) is 0 Å². The lowest BCUT2D eigenvalue weighted by atomic mass is 10.2. The molecule has 1 atom stereocenters. The van der Waals surface area contributed by atoms with Crippen molar-refractivity contribution in [1.82, 2.24) is 4.98 Å². The van der Waals surface area contributed by atoms with Crippen molar-refractivity contribution in [2.75, 3.05) is 19.5 Å². The highest BCUT2D eigenvalue weighted by Gasteiger charge is 2.00. The van der Waals surface area contributed by atoms with Gasteiger partial charge in [-0.2, -0.15) is 0 Å². The van der Waals surface area contributed by atoms with Gasteiger partial charge in [0.15, 0.2) is 0 Å². The van der Waals surface area contributed by atoms with E-state index in [0.29, 0.717) is 0 Å². The molecule has 1 aromatic heterocycles. The Morgan fingerprint density at radius 3 is 2.87 bits per heavy atom. The summed E-state index contributed by atoms with van der Waals surface area (Å²) in [6.45, 7) is 2.77. The third-order valence-corrected chi connectivity index (χ3v) is 3.06. The first-order chi connectivity index (χ1) is 7.24. The van der Waals surface area contributed by atoms with Crippen LogP contribution in [0.25, 0.3) is 0 Å². The summed E-state index contributed by atoms with van der Waals surface area (Å²) in [5.41, 5.74) is 6.82. The lowest BCUT2D eigenvalue weighted by Gasteiger charge is -2.05. The SMILES string of the molecule is COCCCSc1ccc(C(C)N)cn1. The van der Waals surface area contributed by atoms with E-state index in [1.54, 1.807) is 18.9 Å². The van der Waals surface area contributed by atoms with Gasteiger partial charge in [-0.25, -0.2) is 4.98 Å². The zero-order valence-electron chi connectivity index (χ0n) is 9.27. The van der Waals surface area contributed by atoms with Crippen LogP contribution in [0.5, 0.6) is 0 Å². The number of methoxy groups -OCH3 is 1. The molecule has 0 amide bonds. The third-order valence-electron chi connectivity index (χ3n) is 2.03. The van der Waals surface area contributed by atoms with Crippen molar-refractivity contribution in [3.05, 3.63) is 23.9 Å². The Morgan fingerprint density at radius 2 is 2.33 bits per heavy atom. The van der Waals surface area contributed by atoms with Crippen molar-refractivity contribution in [3.8, 4) is 0 Å². The maximum atomic E-state index is 5.74. The lowest BCUT2D eigenvalue weighted by molar-refractivity contribution is 0.200. The zero-order chi connectivity index (χ0) is 11.1. The minimum Gasteiger partial charge on any atom is -0.385 e. The molecule has 0 aliphatic heterocycles. The smallest absolute Gasteiger partial charge is 0.0960 e. The van der Waals surface area contributed by atoms with Gasteiger partial charge in [0.1, 0.15) is 0 Å². The van der Waals surface area contributed by atoms with Crippen molar-refractivity contribution >= 4 is 11.8 Å². The summed E-state index contributed by atoms with van der Waals surface area (Å²) in [4.78, 5) is 4.34. The van der Waals surface area contributed by atoms with E-state index < -0.39 is 0 Å². The number of rotatable bonds is 6. The Labute approximate surface area is 95.4 Å². The molecule has 0 aliphatic carbocycles. The minimum absolute atomic E-state index is 0.0602. The standard InChI is InChI=1S/C11H18N2OS/c1-9(12)10-4-5-11(13-8-10)15-7-3-6-14-2/h4-5,8-9H,3,6-7,12H2,1-2H3. The van der Waals surface area contributed by atoms with E-state index in [1.165, 1.54) is 0 Å². The quantitative estimate of drug-likeness (QED) is 0.597. The normalized spacial score (nSPS) is 12.7. The van der Waals surface area contributed by atoms with E-state index in [9.17, 15) is 0 Å². The van der Waals surface area contributed by atoms with E-state index in [-0.39, 0.29) is 6.04 Å². The molecule has 0 aliphatic rings. The van der Waals surface area contributed by atoms with Crippen LogP contribution >= 0.6 is 11.8 Å². The van der Waals surface area contributed by atoms with Gasteiger partial charge in [0.05, 0.1) is 5.03 Å². The van der Waals surface area contributed by atoms with E-state index in [0.717, 1.165) is 29.4 Å². The third kappa shape index (κ3) is 4.64. The number of thioether (sulfide) groups is 1. The van der Waals surface area contributed by atoms with Crippen molar-refractivity contribution in [1.29, 1.82) is 0 Å². The fourth-order valence-electron chi connectivity index (χ4n) is 1.13. The van der Waals surface area contributed by atoms with Crippen LogP contribution in [0, 0.1) is 0 Å². The molecule has 84 valence electrons. The molecule has 1 aromatic rings. The molecule has 0 aromatic carbocycles. The average molecular weight is 226 g/mol. The molecule has 1 heterocycles. The van der Waals surface area contributed by atoms with Crippen LogP contribution < -0.4 is 5.73 Å². The molecule has 4 heteroatoms. The summed E-state index contributed by atoms with van der Waals surface area (Å²) in [5.74, 6) is 1.04. The van der Waals surface area contributed by atoms with Gasteiger partial charge in [-0.15, -0.1) is 11.8 Å². The zero-order valence-corrected chi connectivity index (χ0v) is 10.1. The van der Waals surface area contributed by atoms with E-state index in [4.69, 9.17) is 10.5 Å². The van der Waals surface area contributed by atoms with Crippen LogP contribution in [-0.4, -0.2) is 24.5 Å². The van der Waals surface area contributed by atoms with Crippen LogP contribution in [0.1, 0.15) is 24.9 Å². The number of nitrogens with two attached hydrogens (primary N) is 1. The fourth-order valence-corrected chi connectivity index (χ4v) is 1.89. The highest BCUT2D eigenvalue weighted by atomic mass is 32.2. The fraction of sp³-hybridized carbons (Fsp3) is 0.545.